The van der Waals surface area contributed by atoms with Crippen molar-refractivity contribution in [1.29, 1.82) is 0 Å². The van der Waals surface area contributed by atoms with Gasteiger partial charge < -0.3 is 5.32 Å². The third kappa shape index (κ3) is 3.36. The van der Waals surface area contributed by atoms with Crippen LogP contribution in [0.25, 0.3) is 0 Å². The fourth-order valence-corrected chi connectivity index (χ4v) is 2.58. The summed E-state index contributed by atoms with van der Waals surface area (Å²) in [5.41, 5.74) is 1.90. The van der Waals surface area contributed by atoms with Gasteiger partial charge in [-0.2, -0.15) is 0 Å². The van der Waals surface area contributed by atoms with Crippen molar-refractivity contribution in [1.82, 2.24) is 0 Å². The Kier molecular flexibility index (Phi) is 4.45. The number of anilines is 1. The molecule has 1 N–H and O–H groups in total. The Hall–Kier alpha value is -0.810. The van der Waals surface area contributed by atoms with E-state index in [-0.39, 0.29) is 11.9 Å². The second kappa shape index (κ2) is 5.89. The van der Waals surface area contributed by atoms with Crippen molar-refractivity contribution < 1.29 is 4.39 Å². The lowest BCUT2D eigenvalue weighted by atomic mass is 10.1. The van der Waals surface area contributed by atoms with Gasteiger partial charge in [0.2, 0.25) is 0 Å². The molecule has 0 radical (unpaired) electrons. The van der Waals surface area contributed by atoms with Gasteiger partial charge in [-0.05, 0) is 65.4 Å². The van der Waals surface area contributed by atoms with E-state index in [1.54, 1.807) is 12.1 Å². The van der Waals surface area contributed by atoms with Crippen LogP contribution in [0.2, 0.25) is 5.02 Å². The van der Waals surface area contributed by atoms with E-state index >= 15 is 0 Å². The number of hydrogen-bond donors (Lipinski definition) is 1. The fourth-order valence-electron chi connectivity index (χ4n) is 1.67. The molecule has 4 heteroatoms. The minimum Gasteiger partial charge on any atom is -0.377 e. The van der Waals surface area contributed by atoms with Crippen LogP contribution in [-0.2, 0) is 0 Å². The standard InChI is InChI=1S/C14H12ClFIN/c1-9(10-2-4-11(16)5-3-10)18-14-7-6-12(17)8-13(14)15/h2-9,18H,1H3. The fraction of sp³-hybridized carbons (Fsp3) is 0.143. The summed E-state index contributed by atoms with van der Waals surface area (Å²) < 4.78 is 13.9. The SMILES string of the molecule is CC(Nc1ccc(I)cc1Cl)c1ccc(F)cc1. The quantitative estimate of drug-likeness (QED) is 0.722. The van der Waals surface area contributed by atoms with E-state index in [4.69, 9.17) is 11.6 Å². The van der Waals surface area contributed by atoms with E-state index in [1.807, 2.05) is 25.1 Å². The molecule has 0 amide bonds. The van der Waals surface area contributed by atoms with Gasteiger partial charge in [0.25, 0.3) is 0 Å². The van der Waals surface area contributed by atoms with Gasteiger partial charge in [0.05, 0.1) is 10.7 Å². The van der Waals surface area contributed by atoms with Crippen LogP contribution in [0.1, 0.15) is 18.5 Å². The van der Waals surface area contributed by atoms with Gasteiger partial charge in [0, 0.05) is 9.61 Å². The highest BCUT2D eigenvalue weighted by atomic mass is 127. The molecule has 0 fully saturated rings. The van der Waals surface area contributed by atoms with Crippen LogP contribution in [0, 0.1) is 9.39 Å². The van der Waals surface area contributed by atoms with Gasteiger partial charge in [-0.3, -0.25) is 0 Å². The maximum Gasteiger partial charge on any atom is 0.123 e. The molecule has 0 aliphatic heterocycles. The summed E-state index contributed by atoms with van der Waals surface area (Å²) in [5, 5.41) is 4.01. The first-order valence-corrected chi connectivity index (χ1v) is 6.99. The zero-order valence-corrected chi connectivity index (χ0v) is 12.7. The lowest BCUT2D eigenvalue weighted by Gasteiger charge is -2.17. The summed E-state index contributed by atoms with van der Waals surface area (Å²) in [5.74, 6) is -0.224. The zero-order valence-electron chi connectivity index (χ0n) is 9.75. The highest BCUT2D eigenvalue weighted by molar-refractivity contribution is 14.1. The monoisotopic (exact) mass is 375 g/mol. The Morgan fingerprint density at radius 2 is 1.83 bits per heavy atom. The summed E-state index contributed by atoms with van der Waals surface area (Å²) in [6, 6.07) is 12.4. The van der Waals surface area contributed by atoms with Crippen LogP contribution in [0.5, 0.6) is 0 Å². The molecule has 18 heavy (non-hydrogen) atoms. The molecule has 0 aliphatic carbocycles. The summed E-state index contributed by atoms with van der Waals surface area (Å²) in [7, 11) is 0. The molecule has 0 saturated carbocycles. The van der Waals surface area contributed by atoms with E-state index in [0.29, 0.717) is 5.02 Å². The molecule has 0 saturated heterocycles. The van der Waals surface area contributed by atoms with Crippen LogP contribution in [0.4, 0.5) is 10.1 Å². The van der Waals surface area contributed by atoms with Crippen LogP contribution < -0.4 is 5.32 Å². The highest BCUT2D eigenvalue weighted by Gasteiger charge is 2.08. The number of benzene rings is 2. The lowest BCUT2D eigenvalue weighted by Crippen LogP contribution is -2.07. The van der Waals surface area contributed by atoms with Crippen molar-refractivity contribution in [2.75, 3.05) is 5.32 Å². The predicted octanol–water partition coefficient (Wildman–Crippen LogP) is 5.26. The molecule has 1 atom stereocenters. The van der Waals surface area contributed by atoms with Crippen LogP contribution in [0.3, 0.4) is 0 Å². The van der Waals surface area contributed by atoms with E-state index in [9.17, 15) is 4.39 Å². The van der Waals surface area contributed by atoms with Crippen LogP contribution in [0.15, 0.2) is 42.5 Å². The van der Waals surface area contributed by atoms with Crippen molar-refractivity contribution >= 4 is 39.9 Å². The van der Waals surface area contributed by atoms with Crippen molar-refractivity contribution in [3.8, 4) is 0 Å². The molecule has 1 nitrogen and oxygen atoms in total. The Morgan fingerprint density at radius 1 is 1.17 bits per heavy atom. The Bertz CT molecular complexity index is 542. The summed E-state index contributed by atoms with van der Waals surface area (Å²) >= 11 is 8.38. The average Bonchev–Trinajstić information content (AvgIpc) is 2.33. The van der Waals surface area contributed by atoms with Gasteiger partial charge in [-0.1, -0.05) is 23.7 Å². The molecule has 1 unspecified atom stereocenters. The molecule has 2 aromatic rings. The Labute approximate surface area is 124 Å². The van der Waals surface area contributed by atoms with Crippen molar-refractivity contribution in [3.05, 3.63) is 62.4 Å². The van der Waals surface area contributed by atoms with Crippen LogP contribution in [-0.4, -0.2) is 0 Å². The largest absolute Gasteiger partial charge is 0.377 e. The number of halogens is 3. The first-order valence-electron chi connectivity index (χ1n) is 5.53. The molecule has 2 aromatic carbocycles. The van der Waals surface area contributed by atoms with E-state index in [2.05, 4.69) is 27.9 Å². The van der Waals surface area contributed by atoms with Gasteiger partial charge >= 0.3 is 0 Å². The minimum atomic E-state index is -0.224. The molecule has 0 aromatic heterocycles. The number of nitrogens with one attached hydrogen (secondary N) is 1. The molecular formula is C14H12ClFIN. The van der Waals surface area contributed by atoms with Gasteiger partial charge in [0.15, 0.2) is 0 Å². The topological polar surface area (TPSA) is 12.0 Å². The summed E-state index contributed by atoms with van der Waals surface area (Å²) in [6.07, 6.45) is 0. The normalized spacial score (nSPS) is 12.2. The summed E-state index contributed by atoms with van der Waals surface area (Å²) in [4.78, 5) is 0. The molecule has 0 spiro atoms. The predicted molar refractivity (Wildman–Crippen MR) is 82.6 cm³/mol. The molecule has 0 heterocycles. The van der Waals surface area contributed by atoms with Gasteiger partial charge in [0.1, 0.15) is 5.82 Å². The highest BCUT2D eigenvalue weighted by Crippen LogP contribution is 2.27. The van der Waals surface area contributed by atoms with Gasteiger partial charge in [-0.15, -0.1) is 0 Å². The van der Waals surface area contributed by atoms with E-state index in [0.717, 1.165) is 14.8 Å². The van der Waals surface area contributed by atoms with Crippen molar-refractivity contribution in [2.24, 2.45) is 0 Å². The zero-order chi connectivity index (χ0) is 13.1. The van der Waals surface area contributed by atoms with E-state index in [1.165, 1.54) is 12.1 Å². The molecule has 94 valence electrons. The molecular weight excluding hydrogens is 364 g/mol. The third-order valence-electron chi connectivity index (χ3n) is 2.67. The smallest absolute Gasteiger partial charge is 0.123 e. The van der Waals surface area contributed by atoms with Crippen molar-refractivity contribution in [3.63, 3.8) is 0 Å². The first-order chi connectivity index (χ1) is 8.56. The van der Waals surface area contributed by atoms with Crippen LogP contribution >= 0.6 is 34.2 Å². The maximum atomic E-state index is 12.8. The average molecular weight is 376 g/mol. The molecule has 0 bridgehead atoms. The second-order valence-electron chi connectivity index (χ2n) is 4.04. The molecule has 2 rings (SSSR count). The summed E-state index contributed by atoms with van der Waals surface area (Å²) in [6.45, 7) is 2.02. The minimum absolute atomic E-state index is 0.0724. The lowest BCUT2D eigenvalue weighted by molar-refractivity contribution is 0.626. The molecule has 0 aliphatic rings. The van der Waals surface area contributed by atoms with E-state index < -0.39 is 0 Å². The Morgan fingerprint density at radius 3 is 2.44 bits per heavy atom. The Balaban J connectivity index is 2.15. The number of hydrogen-bond acceptors (Lipinski definition) is 1. The third-order valence-corrected chi connectivity index (χ3v) is 3.66. The van der Waals surface area contributed by atoms with Crippen molar-refractivity contribution in [2.45, 2.75) is 13.0 Å². The second-order valence-corrected chi connectivity index (χ2v) is 5.69. The van der Waals surface area contributed by atoms with Gasteiger partial charge in [-0.25, -0.2) is 4.39 Å². The maximum absolute atomic E-state index is 12.8. The first kappa shape index (κ1) is 13.6. The number of rotatable bonds is 3.